The fourth-order valence-electron chi connectivity index (χ4n) is 3.04. The van der Waals surface area contributed by atoms with Crippen LogP contribution in [0.1, 0.15) is 37.7 Å². The summed E-state index contributed by atoms with van der Waals surface area (Å²) in [4.78, 5) is 26.6. The Balaban J connectivity index is 1.91. The quantitative estimate of drug-likeness (QED) is 0.780. The molecule has 1 heterocycles. The maximum Gasteiger partial charge on any atom is 0.377 e. The van der Waals surface area contributed by atoms with Gasteiger partial charge in [0.15, 0.2) is 0 Å². The smallest absolute Gasteiger partial charge is 0.323 e. The van der Waals surface area contributed by atoms with Gasteiger partial charge in [0.25, 0.3) is 0 Å². The van der Waals surface area contributed by atoms with Crippen molar-refractivity contribution in [3.63, 3.8) is 0 Å². The van der Waals surface area contributed by atoms with E-state index in [9.17, 15) is 9.59 Å². The first-order chi connectivity index (χ1) is 11.6. The van der Waals surface area contributed by atoms with Crippen molar-refractivity contribution < 1.29 is 4.79 Å². The number of hydrogen-bond donors (Lipinski definition) is 0. The Morgan fingerprint density at radius 1 is 1.25 bits per heavy atom. The van der Waals surface area contributed by atoms with E-state index < -0.39 is 11.7 Å². The number of tetrazole rings is 1. The lowest BCUT2D eigenvalue weighted by Gasteiger charge is -2.30. The van der Waals surface area contributed by atoms with E-state index in [-0.39, 0.29) is 6.04 Å². The molecule has 1 saturated carbocycles. The summed E-state index contributed by atoms with van der Waals surface area (Å²) < 4.78 is 1.73. The van der Waals surface area contributed by atoms with Gasteiger partial charge in [-0.05, 0) is 35.4 Å². The van der Waals surface area contributed by atoms with E-state index in [2.05, 4.69) is 10.4 Å². The molecule has 1 fully saturated rings. The zero-order chi connectivity index (χ0) is 17.1. The number of carbonyl (C=O) groups is 1. The van der Waals surface area contributed by atoms with Crippen molar-refractivity contribution in [2.24, 2.45) is 0 Å². The number of amides is 1. The van der Waals surface area contributed by atoms with Gasteiger partial charge >= 0.3 is 11.7 Å². The second kappa shape index (κ2) is 6.66. The molecule has 0 aliphatic heterocycles. The van der Waals surface area contributed by atoms with E-state index >= 15 is 0 Å². The Labute approximate surface area is 138 Å². The predicted octanol–water partition coefficient (Wildman–Crippen LogP) is 1.53. The maximum absolute atomic E-state index is 12.6. The van der Waals surface area contributed by atoms with Gasteiger partial charge in [-0.25, -0.2) is 9.59 Å². The largest absolute Gasteiger partial charge is 0.377 e. The Bertz CT molecular complexity index is 841. The zero-order valence-electron chi connectivity index (χ0n) is 13.4. The number of nitriles is 1. The van der Waals surface area contributed by atoms with Crippen LogP contribution in [0.5, 0.6) is 0 Å². The average Bonchev–Trinajstić information content (AvgIpc) is 3.02. The minimum absolute atomic E-state index is 0.120. The number of hydrogen-bond acceptors (Lipinski definition) is 5. The van der Waals surface area contributed by atoms with Crippen LogP contribution in [0.3, 0.4) is 0 Å². The fourth-order valence-corrected chi connectivity index (χ4v) is 3.04. The monoisotopic (exact) mass is 326 g/mol. The summed E-state index contributed by atoms with van der Waals surface area (Å²) in [6.45, 7) is 0. The Morgan fingerprint density at radius 2 is 1.96 bits per heavy atom. The number of aromatic nitrogens is 4. The molecule has 3 rings (SSSR count). The van der Waals surface area contributed by atoms with Gasteiger partial charge in [-0.2, -0.15) is 9.94 Å². The molecule has 24 heavy (non-hydrogen) atoms. The fraction of sp³-hybridized carbons (Fsp3) is 0.438. The molecule has 2 aromatic rings. The van der Waals surface area contributed by atoms with Crippen LogP contribution in [-0.4, -0.2) is 43.8 Å². The highest BCUT2D eigenvalue weighted by molar-refractivity contribution is 5.75. The third-order valence-corrected chi connectivity index (χ3v) is 4.44. The molecular weight excluding hydrogens is 308 g/mol. The first-order valence-corrected chi connectivity index (χ1v) is 7.95. The van der Waals surface area contributed by atoms with Gasteiger partial charge in [0.2, 0.25) is 0 Å². The second-order valence-corrected chi connectivity index (χ2v) is 5.90. The number of benzene rings is 1. The molecule has 8 heteroatoms. The van der Waals surface area contributed by atoms with Gasteiger partial charge in [0.05, 0.1) is 11.3 Å². The Hall–Kier alpha value is -2.95. The molecule has 0 bridgehead atoms. The van der Waals surface area contributed by atoms with Crippen molar-refractivity contribution in [1.29, 1.82) is 5.26 Å². The first kappa shape index (κ1) is 15.9. The van der Waals surface area contributed by atoms with Crippen LogP contribution < -0.4 is 5.69 Å². The van der Waals surface area contributed by atoms with Crippen molar-refractivity contribution in [2.75, 3.05) is 7.05 Å². The van der Waals surface area contributed by atoms with Crippen molar-refractivity contribution >= 4 is 6.03 Å². The summed E-state index contributed by atoms with van der Waals surface area (Å²) in [5, 5.41) is 16.6. The topological polar surface area (TPSA) is 96.8 Å². The molecule has 0 atom stereocenters. The van der Waals surface area contributed by atoms with Gasteiger partial charge in [-0.15, -0.1) is 4.68 Å². The summed E-state index contributed by atoms with van der Waals surface area (Å²) in [7, 11) is 1.69. The van der Waals surface area contributed by atoms with Crippen molar-refractivity contribution in [3.05, 3.63) is 40.3 Å². The van der Waals surface area contributed by atoms with E-state index in [4.69, 9.17) is 5.26 Å². The molecule has 0 spiro atoms. The van der Waals surface area contributed by atoms with Crippen LogP contribution in [0.25, 0.3) is 5.69 Å². The van der Waals surface area contributed by atoms with E-state index in [1.807, 2.05) is 6.07 Å². The van der Waals surface area contributed by atoms with Gasteiger partial charge in [-0.3, -0.25) is 0 Å². The Morgan fingerprint density at radius 3 is 2.67 bits per heavy atom. The molecule has 1 aromatic heterocycles. The second-order valence-electron chi connectivity index (χ2n) is 5.90. The van der Waals surface area contributed by atoms with E-state index in [1.165, 1.54) is 6.42 Å². The molecule has 1 aliphatic carbocycles. The SMILES string of the molecule is CN(C(=O)n1nnn(-c2ccccc2C#N)c1=O)C1CCCCC1. The maximum atomic E-state index is 12.6. The lowest BCUT2D eigenvalue weighted by Crippen LogP contribution is -2.44. The van der Waals surface area contributed by atoms with Crippen LogP contribution in [0.15, 0.2) is 29.1 Å². The summed E-state index contributed by atoms with van der Waals surface area (Å²) in [5.74, 6) is 0. The van der Waals surface area contributed by atoms with E-state index in [0.717, 1.165) is 35.0 Å². The van der Waals surface area contributed by atoms with E-state index in [0.29, 0.717) is 11.3 Å². The zero-order valence-corrected chi connectivity index (χ0v) is 13.4. The molecule has 0 N–H and O–H groups in total. The van der Waals surface area contributed by atoms with Gasteiger partial charge in [-0.1, -0.05) is 31.4 Å². The minimum Gasteiger partial charge on any atom is -0.323 e. The number of carbonyl (C=O) groups excluding carboxylic acids is 1. The number of rotatable bonds is 2. The predicted molar refractivity (Wildman–Crippen MR) is 85.8 cm³/mol. The van der Waals surface area contributed by atoms with Gasteiger partial charge in [0, 0.05) is 13.1 Å². The highest BCUT2D eigenvalue weighted by Gasteiger charge is 2.26. The first-order valence-electron chi connectivity index (χ1n) is 7.95. The molecule has 1 amide bonds. The Kier molecular flexibility index (Phi) is 4.42. The van der Waals surface area contributed by atoms with Crippen LogP contribution in [-0.2, 0) is 0 Å². The molecule has 0 unspecified atom stereocenters. The highest BCUT2D eigenvalue weighted by atomic mass is 16.2. The molecule has 0 saturated heterocycles. The lowest BCUT2D eigenvalue weighted by atomic mass is 9.95. The lowest BCUT2D eigenvalue weighted by molar-refractivity contribution is 0.171. The summed E-state index contributed by atoms with van der Waals surface area (Å²) >= 11 is 0. The van der Waals surface area contributed by atoms with Crippen LogP contribution in [0, 0.1) is 11.3 Å². The van der Waals surface area contributed by atoms with Crippen molar-refractivity contribution in [3.8, 4) is 11.8 Å². The third-order valence-electron chi connectivity index (χ3n) is 4.44. The molecule has 1 aromatic carbocycles. The van der Waals surface area contributed by atoms with Crippen LogP contribution in [0.4, 0.5) is 4.79 Å². The summed E-state index contributed by atoms with van der Waals surface area (Å²) in [6, 6.07) is 8.19. The number of para-hydroxylation sites is 1. The molecule has 8 nitrogen and oxygen atoms in total. The third kappa shape index (κ3) is 2.80. The minimum atomic E-state index is -0.676. The molecular formula is C16H18N6O2. The molecule has 1 aliphatic rings. The summed E-state index contributed by atoms with van der Waals surface area (Å²) in [5.41, 5.74) is -0.0746. The highest BCUT2D eigenvalue weighted by Crippen LogP contribution is 2.21. The standard InChI is InChI=1S/C16H18N6O2/c1-20(13-8-3-2-4-9-13)15(23)22-16(24)21(18-19-22)14-10-6-5-7-12(14)11-17/h5-7,10,13H,2-4,8-9H2,1H3. The average molecular weight is 326 g/mol. The molecule has 0 radical (unpaired) electrons. The van der Waals surface area contributed by atoms with Crippen molar-refractivity contribution in [2.45, 2.75) is 38.1 Å². The number of nitrogens with zero attached hydrogens (tertiary/aromatic N) is 6. The van der Waals surface area contributed by atoms with Crippen LogP contribution >= 0.6 is 0 Å². The summed E-state index contributed by atoms with van der Waals surface area (Å²) in [6.07, 6.45) is 5.21. The van der Waals surface area contributed by atoms with E-state index in [1.54, 1.807) is 36.2 Å². The van der Waals surface area contributed by atoms with Crippen LogP contribution in [0.2, 0.25) is 0 Å². The molecule has 124 valence electrons. The van der Waals surface area contributed by atoms with Gasteiger partial charge < -0.3 is 4.90 Å². The van der Waals surface area contributed by atoms with Gasteiger partial charge in [0.1, 0.15) is 6.07 Å². The van der Waals surface area contributed by atoms with Crippen molar-refractivity contribution in [1.82, 2.24) is 24.7 Å². The normalized spacial score (nSPS) is 15.0.